The molecule has 3 heterocycles. The fourth-order valence-electron chi connectivity index (χ4n) is 3.26. The Hall–Kier alpha value is -2.40. The van der Waals surface area contributed by atoms with Crippen LogP contribution < -0.4 is 0 Å². The largest absolute Gasteiger partial charge is 0.366 e. The van der Waals surface area contributed by atoms with Crippen LogP contribution in [0.4, 0.5) is 4.39 Å². The van der Waals surface area contributed by atoms with Crippen molar-refractivity contribution in [3.63, 3.8) is 0 Å². The van der Waals surface area contributed by atoms with Gasteiger partial charge in [0.05, 0.1) is 12.3 Å². The third-order valence-corrected chi connectivity index (χ3v) is 4.50. The summed E-state index contributed by atoms with van der Waals surface area (Å²) in [7, 11) is 0. The molecule has 1 aliphatic heterocycles. The molecule has 0 bridgehead atoms. The van der Waals surface area contributed by atoms with Crippen LogP contribution in [0.1, 0.15) is 25.2 Å². The minimum absolute atomic E-state index is 0.256. The van der Waals surface area contributed by atoms with Gasteiger partial charge in [-0.25, -0.2) is 9.37 Å². The number of imidazole rings is 1. The monoisotopic (exact) mass is 325 g/mol. The summed E-state index contributed by atoms with van der Waals surface area (Å²) in [5.74, 6) is 0.581. The number of halogens is 1. The fourth-order valence-corrected chi connectivity index (χ4v) is 3.26. The van der Waals surface area contributed by atoms with Gasteiger partial charge in [0.25, 0.3) is 0 Å². The molecule has 0 amide bonds. The van der Waals surface area contributed by atoms with E-state index in [0.717, 1.165) is 23.6 Å². The number of hydrogen-bond acceptors (Lipinski definition) is 2. The standard InChI is InChI=1S/C19H20FN3O/c1-12-9-15(21-10-12)13-5-4-6-14(17(13)20)16-11-23-7-8-24-19(2,3)18(23)22-16/h4-6,9-11,21H,7-8H2,1-3H3. The molecule has 0 spiro atoms. The van der Waals surface area contributed by atoms with E-state index in [0.29, 0.717) is 23.4 Å². The summed E-state index contributed by atoms with van der Waals surface area (Å²) in [5.41, 5.74) is 3.11. The second-order valence-corrected chi connectivity index (χ2v) is 6.76. The quantitative estimate of drug-likeness (QED) is 0.765. The van der Waals surface area contributed by atoms with Crippen LogP contribution in [-0.2, 0) is 16.9 Å². The maximum atomic E-state index is 15.1. The van der Waals surface area contributed by atoms with Crippen LogP contribution in [0.25, 0.3) is 22.5 Å². The Morgan fingerprint density at radius 2 is 2.08 bits per heavy atom. The fraction of sp³-hybridized carbons (Fsp3) is 0.316. The van der Waals surface area contributed by atoms with Crippen LogP contribution in [0.15, 0.2) is 36.7 Å². The molecule has 0 unspecified atom stereocenters. The third-order valence-electron chi connectivity index (χ3n) is 4.50. The van der Waals surface area contributed by atoms with Crippen molar-refractivity contribution >= 4 is 0 Å². The summed E-state index contributed by atoms with van der Waals surface area (Å²) in [4.78, 5) is 7.78. The van der Waals surface area contributed by atoms with E-state index in [1.807, 2.05) is 45.3 Å². The van der Waals surface area contributed by atoms with Crippen molar-refractivity contribution in [3.8, 4) is 22.5 Å². The summed E-state index contributed by atoms with van der Waals surface area (Å²) in [5, 5.41) is 0. The van der Waals surface area contributed by atoms with Gasteiger partial charge < -0.3 is 14.3 Å². The van der Waals surface area contributed by atoms with Crippen molar-refractivity contribution in [2.24, 2.45) is 0 Å². The maximum absolute atomic E-state index is 15.1. The maximum Gasteiger partial charge on any atom is 0.141 e. The van der Waals surface area contributed by atoms with E-state index in [4.69, 9.17) is 4.74 Å². The summed E-state index contributed by atoms with van der Waals surface area (Å²) in [6.07, 6.45) is 3.79. The summed E-state index contributed by atoms with van der Waals surface area (Å²) in [6, 6.07) is 7.37. The lowest BCUT2D eigenvalue weighted by molar-refractivity contribution is -0.0538. The van der Waals surface area contributed by atoms with E-state index in [1.165, 1.54) is 0 Å². The Morgan fingerprint density at radius 1 is 1.29 bits per heavy atom. The molecule has 0 radical (unpaired) electrons. The number of aryl methyl sites for hydroxylation is 1. The summed E-state index contributed by atoms with van der Waals surface area (Å²) >= 11 is 0. The molecule has 5 heteroatoms. The van der Waals surface area contributed by atoms with Gasteiger partial charge in [0.2, 0.25) is 0 Å². The number of hydrogen-bond donors (Lipinski definition) is 1. The zero-order chi connectivity index (χ0) is 16.9. The number of fused-ring (bicyclic) bond motifs is 1. The van der Waals surface area contributed by atoms with Crippen molar-refractivity contribution in [3.05, 3.63) is 53.9 Å². The van der Waals surface area contributed by atoms with Gasteiger partial charge in [-0.2, -0.15) is 0 Å². The van der Waals surface area contributed by atoms with Crippen LogP contribution in [0.3, 0.4) is 0 Å². The van der Waals surface area contributed by atoms with E-state index in [-0.39, 0.29) is 5.82 Å². The van der Waals surface area contributed by atoms with Crippen molar-refractivity contribution in [1.29, 1.82) is 0 Å². The van der Waals surface area contributed by atoms with E-state index >= 15 is 4.39 Å². The van der Waals surface area contributed by atoms with E-state index in [2.05, 4.69) is 14.5 Å². The topological polar surface area (TPSA) is 42.8 Å². The van der Waals surface area contributed by atoms with Gasteiger partial charge in [0.15, 0.2) is 0 Å². The van der Waals surface area contributed by atoms with Crippen LogP contribution in [0.5, 0.6) is 0 Å². The number of H-pyrrole nitrogens is 1. The number of nitrogens with one attached hydrogen (secondary N) is 1. The van der Waals surface area contributed by atoms with Gasteiger partial charge in [-0.3, -0.25) is 0 Å². The van der Waals surface area contributed by atoms with Gasteiger partial charge in [-0.1, -0.05) is 6.07 Å². The molecule has 24 heavy (non-hydrogen) atoms. The molecule has 0 aliphatic carbocycles. The molecular formula is C19H20FN3O. The molecular weight excluding hydrogens is 305 g/mol. The van der Waals surface area contributed by atoms with Crippen LogP contribution in [0, 0.1) is 12.7 Å². The van der Waals surface area contributed by atoms with Crippen LogP contribution in [-0.4, -0.2) is 21.1 Å². The van der Waals surface area contributed by atoms with Gasteiger partial charge in [0, 0.05) is 35.8 Å². The predicted octanol–water partition coefficient (Wildman–Crippen LogP) is 4.26. The molecule has 1 N–H and O–H groups in total. The van der Waals surface area contributed by atoms with Crippen LogP contribution in [0.2, 0.25) is 0 Å². The molecule has 1 aromatic carbocycles. The Bertz CT molecular complexity index is 907. The number of ether oxygens (including phenoxy) is 1. The molecule has 0 saturated heterocycles. The van der Waals surface area contributed by atoms with E-state index < -0.39 is 5.60 Å². The smallest absolute Gasteiger partial charge is 0.141 e. The van der Waals surface area contributed by atoms with Crippen LogP contribution >= 0.6 is 0 Å². The number of aromatic amines is 1. The highest BCUT2D eigenvalue weighted by Gasteiger charge is 2.31. The van der Waals surface area contributed by atoms with Crippen molar-refractivity contribution in [2.75, 3.05) is 6.61 Å². The highest BCUT2D eigenvalue weighted by Crippen LogP contribution is 2.34. The normalized spacial score (nSPS) is 16.2. The Morgan fingerprint density at radius 3 is 2.79 bits per heavy atom. The first-order valence-corrected chi connectivity index (χ1v) is 8.11. The lowest BCUT2D eigenvalue weighted by Gasteiger charge is -2.30. The minimum Gasteiger partial charge on any atom is -0.366 e. The molecule has 1 aliphatic rings. The van der Waals surface area contributed by atoms with Gasteiger partial charge in [-0.15, -0.1) is 0 Å². The average molecular weight is 325 g/mol. The molecule has 0 fully saturated rings. The van der Waals surface area contributed by atoms with E-state index in [9.17, 15) is 0 Å². The number of aromatic nitrogens is 3. The first kappa shape index (κ1) is 15.1. The summed E-state index contributed by atoms with van der Waals surface area (Å²) < 4.78 is 23.0. The third kappa shape index (κ3) is 2.36. The predicted molar refractivity (Wildman–Crippen MR) is 91.1 cm³/mol. The van der Waals surface area contributed by atoms with Gasteiger partial charge >= 0.3 is 0 Å². The number of rotatable bonds is 2. The molecule has 124 valence electrons. The highest BCUT2D eigenvalue weighted by atomic mass is 19.1. The number of benzene rings is 1. The SMILES string of the molecule is Cc1c[nH]c(-c2cccc(-c3cn4c(n3)C(C)(C)OCC4)c2F)c1. The van der Waals surface area contributed by atoms with E-state index in [1.54, 1.807) is 12.1 Å². The van der Waals surface area contributed by atoms with Crippen molar-refractivity contribution < 1.29 is 9.13 Å². The Labute approximate surface area is 140 Å². The van der Waals surface area contributed by atoms with Crippen molar-refractivity contribution in [1.82, 2.24) is 14.5 Å². The lowest BCUT2D eigenvalue weighted by atomic mass is 10.0. The van der Waals surface area contributed by atoms with Gasteiger partial charge in [-0.05, 0) is 44.5 Å². The van der Waals surface area contributed by atoms with Gasteiger partial charge in [0.1, 0.15) is 17.2 Å². The molecule has 0 saturated carbocycles. The lowest BCUT2D eigenvalue weighted by Crippen LogP contribution is -2.33. The molecule has 3 aromatic rings. The minimum atomic E-state index is -0.457. The Kier molecular flexibility index (Phi) is 3.35. The zero-order valence-electron chi connectivity index (χ0n) is 14.1. The second-order valence-electron chi connectivity index (χ2n) is 6.76. The molecule has 4 rings (SSSR count). The zero-order valence-corrected chi connectivity index (χ0v) is 14.1. The van der Waals surface area contributed by atoms with Crippen molar-refractivity contribution in [2.45, 2.75) is 32.9 Å². The molecule has 0 atom stereocenters. The summed E-state index contributed by atoms with van der Waals surface area (Å²) in [6.45, 7) is 7.34. The second kappa shape index (κ2) is 5.31. The molecule has 2 aromatic heterocycles. The highest BCUT2D eigenvalue weighted by molar-refractivity contribution is 5.71. The average Bonchev–Trinajstić information content (AvgIpc) is 3.14. The Balaban J connectivity index is 1.82. The first-order chi connectivity index (χ1) is 11.5. The number of nitrogens with zero attached hydrogens (tertiary/aromatic N) is 2. The molecule has 4 nitrogen and oxygen atoms in total. The first-order valence-electron chi connectivity index (χ1n) is 8.11.